The fourth-order valence-electron chi connectivity index (χ4n) is 1.29. The van der Waals surface area contributed by atoms with Gasteiger partial charge in [-0.05, 0) is 13.3 Å². The highest BCUT2D eigenvalue weighted by Gasteiger charge is 2.24. The number of nitrogens with one attached hydrogen (secondary N) is 1. The van der Waals surface area contributed by atoms with E-state index < -0.39 is 33.9 Å². The van der Waals surface area contributed by atoms with Crippen molar-refractivity contribution in [3.8, 4) is 0 Å². The van der Waals surface area contributed by atoms with Crippen LogP contribution in [0.1, 0.15) is 13.3 Å². The molecule has 0 bridgehead atoms. The minimum Gasteiger partial charge on any atom is -0.394 e. The lowest BCUT2D eigenvalue weighted by molar-refractivity contribution is -0.117. The molecular weight excluding hydrogens is 324 g/mol. The summed E-state index contributed by atoms with van der Waals surface area (Å²) in [5, 5.41) is 2.52. The van der Waals surface area contributed by atoms with Crippen molar-refractivity contribution in [2.24, 2.45) is 0 Å². The van der Waals surface area contributed by atoms with Crippen molar-refractivity contribution in [1.82, 2.24) is 5.32 Å². The third-order valence-corrected chi connectivity index (χ3v) is 3.29. The molecule has 1 aromatic rings. The molecular formula is C13H14F4N2O2S. The van der Waals surface area contributed by atoms with Gasteiger partial charge in [0.05, 0.1) is 6.61 Å². The van der Waals surface area contributed by atoms with Gasteiger partial charge in [0.2, 0.25) is 5.91 Å². The van der Waals surface area contributed by atoms with Crippen LogP contribution in [0.4, 0.5) is 23.2 Å². The highest BCUT2D eigenvalue weighted by Crippen LogP contribution is 2.33. The topological polar surface area (TPSA) is 64.3 Å². The summed E-state index contributed by atoms with van der Waals surface area (Å²) in [6, 6.07) is 0. The second-order valence-electron chi connectivity index (χ2n) is 4.29. The quantitative estimate of drug-likeness (QED) is 0.200. The summed E-state index contributed by atoms with van der Waals surface area (Å²) >= 11 is 0.160. The Morgan fingerprint density at radius 1 is 1.23 bits per heavy atom. The fourth-order valence-corrected chi connectivity index (χ4v) is 1.93. The first-order valence-corrected chi connectivity index (χ1v) is 6.86. The number of halogens is 4. The third-order valence-electron chi connectivity index (χ3n) is 2.48. The van der Waals surface area contributed by atoms with Crippen molar-refractivity contribution >= 4 is 23.6 Å². The molecule has 0 spiro atoms. The molecule has 9 heteroatoms. The van der Waals surface area contributed by atoms with Gasteiger partial charge in [-0.1, -0.05) is 6.58 Å². The summed E-state index contributed by atoms with van der Waals surface area (Å²) in [5.41, 5.74) is 3.99. The predicted octanol–water partition coefficient (Wildman–Crippen LogP) is 2.93. The minimum atomic E-state index is -1.67. The maximum absolute atomic E-state index is 13.4. The molecule has 0 aromatic heterocycles. The van der Waals surface area contributed by atoms with E-state index in [4.69, 9.17) is 9.92 Å². The van der Waals surface area contributed by atoms with Crippen LogP contribution in [-0.4, -0.2) is 19.1 Å². The number of anilines is 1. The summed E-state index contributed by atoms with van der Waals surface area (Å²) in [6.45, 7) is 5.23. The maximum atomic E-state index is 13.4. The molecule has 22 heavy (non-hydrogen) atoms. The van der Waals surface area contributed by atoms with Crippen molar-refractivity contribution < 1.29 is 26.5 Å². The third kappa shape index (κ3) is 4.38. The van der Waals surface area contributed by atoms with Gasteiger partial charge in [0.25, 0.3) is 0 Å². The first-order valence-electron chi connectivity index (χ1n) is 6.12. The van der Waals surface area contributed by atoms with E-state index in [-0.39, 0.29) is 31.1 Å². The van der Waals surface area contributed by atoms with Gasteiger partial charge < -0.3 is 15.2 Å². The molecule has 1 amide bonds. The highest BCUT2D eigenvalue weighted by molar-refractivity contribution is 7.94. The maximum Gasteiger partial charge on any atom is 0.246 e. The van der Waals surface area contributed by atoms with Crippen molar-refractivity contribution in [2.75, 3.05) is 18.9 Å². The van der Waals surface area contributed by atoms with Crippen LogP contribution < -0.4 is 11.1 Å². The Bertz CT molecular complexity index is 567. The molecule has 122 valence electrons. The number of nitrogen functional groups attached to an aromatic ring is 1. The van der Waals surface area contributed by atoms with Crippen molar-refractivity contribution in [1.29, 1.82) is 0 Å². The molecule has 4 nitrogen and oxygen atoms in total. The Kier molecular flexibility index (Phi) is 6.69. The Balaban J connectivity index is 2.50. The van der Waals surface area contributed by atoms with Gasteiger partial charge in [-0.3, -0.25) is 4.79 Å². The molecule has 3 N–H and O–H groups in total. The number of rotatable bonds is 7. The molecule has 0 fully saturated rings. The van der Waals surface area contributed by atoms with Crippen LogP contribution in [0.5, 0.6) is 0 Å². The van der Waals surface area contributed by atoms with E-state index in [9.17, 15) is 22.4 Å². The first-order chi connectivity index (χ1) is 10.3. The molecule has 0 atom stereocenters. The normalized spacial score (nSPS) is 10.6. The van der Waals surface area contributed by atoms with Gasteiger partial charge in [0.15, 0.2) is 23.3 Å². The monoisotopic (exact) mass is 338 g/mol. The van der Waals surface area contributed by atoms with Crippen LogP contribution in [0.15, 0.2) is 17.0 Å². The SMILES string of the molecule is C=C(C)C(=O)NCCCOSc1c(F)c(F)c(N)c(F)c1F. The second kappa shape index (κ2) is 8.04. The van der Waals surface area contributed by atoms with Gasteiger partial charge in [-0.15, -0.1) is 0 Å². The molecule has 0 aliphatic carbocycles. The van der Waals surface area contributed by atoms with E-state index in [1.54, 1.807) is 0 Å². The van der Waals surface area contributed by atoms with Crippen LogP contribution in [0.3, 0.4) is 0 Å². The van der Waals surface area contributed by atoms with Crippen LogP contribution in [-0.2, 0) is 8.98 Å². The molecule has 1 aromatic carbocycles. The highest BCUT2D eigenvalue weighted by atomic mass is 32.2. The number of carbonyl (C=O) groups is 1. The summed E-state index contributed by atoms with van der Waals surface area (Å²) in [6.07, 6.45) is 0.329. The van der Waals surface area contributed by atoms with Gasteiger partial charge in [0, 0.05) is 24.2 Å². The number of nitrogens with two attached hydrogens (primary N) is 1. The smallest absolute Gasteiger partial charge is 0.246 e. The van der Waals surface area contributed by atoms with E-state index in [0.29, 0.717) is 12.0 Å². The lowest BCUT2D eigenvalue weighted by Crippen LogP contribution is -2.25. The number of hydrogen-bond donors (Lipinski definition) is 2. The first kappa shape index (κ1) is 18.3. The zero-order chi connectivity index (χ0) is 16.9. The lowest BCUT2D eigenvalue weighted by Gasteiger charge is -2.09. The zero-order valence-electron chi connectivity index (χ0n) is 11.6. The number of hydrogen-bond acceptors (Lipinski definition) is 4. The molecule has 0 aliphatic rings. The average Bonchev–Trinajstić information content (AvgIpc) is 2.49. The largest absolute Gasteiger partial charge is 0.394 e. The molecule has 0 aliphatic heterocycles. The molecule has 0 heterocycles. The van der Waals surface area contributed by atoms with E-state index in [1.165, 1.54) is 6.92 Å². The predicted molar refractivity (Wildman–Crippen MR) is 74.9 cm³/mol. The van der Waals surface area contributed by atoms with Gasteiger partial charge >= 0.3 is 0 Å². The summed E-state index contributed by atoms with van der Waals surface area (Å²) in [4.78, 5) is 10.2. The summed E-state index contributed by atoms with van der Waals surface area (Å²) in [7, 11) is 0. The lowest BCUT2D eigenvalue weighted by atomic mass is 10.2. The van der Waals surface area contributed by atoms with Crippen molar-refractivity contribution in [3.63, 3.8) is 0 Å². The van der Waals surface area contributed by atoms with Crippen LogP contribution in [0, 0.1) is 23.3 Å². The standard InChI is InChI=1S/C13H14F4N2O2S/c1-6(2)13(20)19-4-3-5-21-22-12-9(16)7(14)11(18)8(15)10(12)17/h1,3-5,18H2,2H3,(H,19,20). The van der Waals surface area contributed by atoms with Crippen LogP contribution in [0.25, 0.3) is 0 Å². The molecule has 0 saturated carbocycles. The fraction of sp³-hybridized carbons (Fsp3) is 0.308. The van der Waals surface area contributed by atoms with Gasteiger partial charge in [-0.25, -0.2) is 17.6 Å². The molecule has 0 saturated heterocycles. The average molecular weight is 338 g/mol. The second-order valence-corrected chi connectivity index (χ2v) is 5.10. The molecule has 1 rings (SSSR count). The van der Waals surface area contributed by atoms with Crippen molar-refractivity contribution in [3.05, 3.63) is 35.4 Å². The van der Waals surface area contributed by atoms with Crippen LogP contribution >= 0.6 is 12.0 Å². The van der Waals surface area contributed by atoms with E-state index in [1.807, 2.05) is 0 Å². The number of benzene rings is 1. The minimum absolute atomic E-state index is 0.00632. The van der Waals surface area contributed by atoms with E-state index in [2.05, 4.69) is 11.9 Å². The van der Waals surface area contributed by atoms with E-state index >= 15 is 0 Å². The van der Waals surface area contributed by atoms with Gasteiger partial charge in [-0.2, -0.15) is 0 Å². The Hall–Kier alpha value is -1.74. The molecule has 0 radical (unpaired) electrons. The summed E-state index contributed by atoms with van der Waals surface area (Å²) < 4.78 is 58.1. The Morgan fingerprint density at radius 2 is 1.77 bits per heavy atom. The Labute approximate surface area is 128 Å². The molecule has 0 unspecified atom stereocenters. The summed E-state index contributed by atoms with van der Waals surface area (Å²) in [5.74, 6) is -6.89. The van der Waals surface area contributed by atoms with E-state index in [0.717, 1.165) is 0 Å². The Morgan fingerprint density at radius 3 is 2.27 bits per heavy atom. The number of amides is 1. The van der Waals surface area contributed by atoms with Crippen LogP contribution in [0.2, 0.25) is 0 Å². The number of carbonyl (C=O) groups excluding carboxylic acids is 1. The van der Waals surface area contributed by atoms with Gasteiger partial charge in [0.1, 0.15) is 10.6 Å². The zero-order valence-corrected chi connectivity index (χ0v) is 12.5. The van der Waals surface area contributed by atoms with Crippen molar-refractivity contribution in [2.45, 2.75) is 18.2 Å².